The molecule has 1 N–H and O–H groups in total. The summed E-state index contributed by atoms with van der Waals surface area (Å²) in [4.78, 5) is 10.8. The maximum Gasteiger partial charge on any atom is 0.358 e. The number of carbonyl (C=O) groups is 1. The summed E-state index contributed by atoms with van der Waals surface area (Å²) in [6.07, 6.45) is 2.79. The molecule has 0 saturated heterocycles. The normalized spacial score (nSPS) is 18.1. The van der Waals surface area contributed by atoms with Gasteiger partial charge in [-0.05, 0) is 19.3 Å². The van der Waals surface area contributed by atoms with Crippen LogP contribution in [-0.2, 0) is 11.8 Å². The Kier molecular flexibility index (Phi) is 1.87. The zero-order valence-electron chi connectivity index (χ0n) is 8.33. The summed E-state index contributed by atoms with van der Waals surface area (Å²) < 4.78 is 5.14. The molecule has 14 heavy (non-hydrogen) atoms. The molecule has 2 rings (SSSR count). The number of carboxylic acids is 1. The quantitative estimate of drug-likeness (QED) is 0.801. The molecule has 1 aromatic rings. The van der Waals surface area contributed by atoms with Crippen LogP contribution in [0.2, 0.25) is 0 Å². The number of hydrogen-bond donors (Lipinski definition) is 1. The second-order valence-electron chi connectivity index (χ2n) is 4.06. The van der Waals surface area contributed by atoms with E-state index in [1.807, 2.05) is 6.92 Å². The van der Waals surface area contributed by atoms with E-state index >= 15 is 0 Å². The molecule has 76 valence electrons. The van der Waals surface area contributed by atoms with Crippen molar-refractivity contribution in [2.75, 3.05) is 0 Å². The van der Waals surface area contributed by atoms with Gasteiger partial charge in [0.15, 0.2) is 5.69 Å². The molecule has 1 heterocycles. The minimum atomic E-state index is -0.999. The van der Waals surface area contributed by atoms with E-state index in [-0.39, 0.29) is 11.1 Å². The lowest BCUT2D eigenvalue weighted by Gasteiger charge is -2.04. The SMILES string of the molecule is CCc1c(C(=O)O)noc1C1(C)CC1. The van der Waals surface area contributed by atoms with Crippen LogP contribution >= 0.6 is 0 Å². The summed E-state index contributed by atoms with van der Waals surface area (Å²) in [6, 6.07) is 0. The monoisotopic (exact) mass is 195 g/mol. The highest BCUT2D eigenvalue weighted by atomic mass is 16.5. The molecule has 0 spiro atoms. The lowest BCUT2D eigenvalue weighted by Crippen LogP contribution is -2.05. The molecule has 1 fully saturated rings. The number of carboxylic acid groups (broad SMARTS) is 1. The molecule has 0 aromatic carbocycles. The first kappa shape index (κ1) is 9.24. The minimum absolute atomic E-state index is 0.0477. The van der Waals surface area contributed by atoms with Crippen molar-refractivity contribution < 1.29 is 14.4 Å². The molecule has 0 unspecified atom stereocenters. The van der Waals surface area contributed by atoms with Crippen LogP contribution in [0.4, 0.5) is 0 Å². The average molecular weight is 195 g/mol. The standard InChI is InChI=1S/C10H13NO3/c1-3-6-7(9(12)13)11-14-8(6)10(2)4-5-10/h3-5H2,1-2H3,(H,12,13). The Bertz CT molecular complexity index is 377. The van der Waals surface area contributed by atoms with Crippen LogP contribution in [0.25, 0.3) is 0 Å². The maximum atomic E-state index is 10.8. The van der Waals surface area contributed by atoms with E-state index in [1.165, 1.54) is 0 Å². The Balaban J connectivity index is 2.47. The number of nitrogens with zero attached hydrogens (tertiary/aromatic N) is 1. The largest absolute Gasteiger partial charge is 0.476 e. The molecule has 1 aromatic heterocycles. The van der Waals surface area contributed by atoms with Gasteiger partial charge >= 0.3 is 5.97 Å². The fourth-order valence-electron chi connectivity index (χ4n) is 1.69. The van der Waals surface area contributed by atoms with Crippen LogP contribution < -0.4 is 0 Å². The third-order valence-electron chi connectivity index (χ3n) is 2.89. The van der Waals surface area contributed by atoms with E-state index < -0.39 is 5.97 Å². The van der Waals surface area contributed by atoms with Gasteiger partial charge in [0.2, 0.25) is 0 Å². The first-order valence-electron chi connectivity index (χ1n) is 4.81. The zero-order valence-corrected chi connectivity index (χ0v) is 8.33. The van der Waals surface area contributed by atoms with E-state index in [1.54, 1.807) is 0 Å². The van der Waals surface area contributed by atoms with Gasteiger partial charge in [-0.25, -0.2) is 4.79 Å². The van der Waals surface area contributed by atoms with Crippen LogP contribution in [0.3, 0.4) is 0 Å². The molecule has 0 bridgehead atoms. The van der Waals surface area contributed by atoms with Gasteiger partial charge in [0.1, 0.15) is 5.76 Å². The topological polar surface area (TPSA) is 63.3 Å². The van der Waals surface area contributed by atoms with Gasteiger partial charge in [-0.2, -0.15) is 0 Å². The molecule has 1 aliphatic rings. The van der Waals surface area contributed by atoms with Crippen molar-refractivity contribution in [3.05, 3.63) is 17.0 Å². The highest BCUT2D eigenvalue weighted by Gasteiger charge is 2.45. The summed E-state index contributed by atoms with van der Waals surface area (Å²) in [5.74, 6) is -0.224. The summed E-state index contributed by atoms with van der Waals surface area (Å²) >= 11 is 0. The number of aromatic nitrogens is 1. The van der Waals surface area contributed by atoms with Gasteiger partial charge in [-0.3, -0.25) is 0 Å². The molecule has 0 aliphatic heterocycles. The van der Waals surface area contributed by atoms with Gasteiger partial charge in [-0.15, -0.1) is 0 Å². The van der Waals surface area contributed by atoms with Crippen molar-refractivity contribution in [2.45, 2.75) is 38.5 Å². The molecule has 4 nitrogen and oxygen atoms in total. The Morgan fingerprint density at radius 3 is 2.71 bits per heavy atom. The van der Waals surface area contributed by atoms with Crippen molar-refractivity contribution in [1.82, 2.24) is 5.16 Å². The summed E-state index contributed by atoms with van der Waals surface area (Å²) in [5.41, 5.74) is 0.889. The second kappa shape index (κ2) is 2.83. The van der Waals surface area contributed by atoms with Crippen LogP contribution in [-0.4, -0.2) is 16.2 Å². The Labute approximate surface area is 81.9 Å². The third kappa shape index (κ3) is 1.22. The van der Waals surface area contributed by atoms with E-state index in [2.05, 4.69) is 12.1 Å². The van der Waals surface area contributed by atoms with E-state index in [4.69, 9.17) is 9.63 Å². The molecule has 0 radical (unpaired) electrons. The number of rotatable bonds is 3. The number of hydrogen-bond acceptors (Lipinski definition) is 3. The Morgan fingerprint density at radius 1 is 1.64 bits per heavy atom. The highest BCUT2D eigenvalue weighted by Crippen LogP contribution is 2.49. The number of aromatic carboxylic acids is 1. The van der Waals surface area contributed by atoms with Crippen LogP contribution in [0, 0.1) is 0 Å². The highest BCUT2D eigenvalue weighted by molar-refractivity contribution is 5.87. The molecular weight excluding hydrogens is 182 g/mol. The fraction of sp³-hybridized carbons (Fsp3) is 0.600. The maximum absolute atomic E-state index is 10.8. The zero-order chi connectivity index (χ0) is 10.3. The molecule has 0 amide bonds. The molecule has 0 atom stereocenters. The predicted molar refractivity (Wildman–Crippen MR) is 49.4 cm³/mol. The Hall–Kier alpha value is -1.32. The fourth-order valence-corrected chi connectivity index (χ4v) is 1.69. The lowest BCUT2D eigenvalue weighted by molar-refractivity contribution is 0.0684. The van der Waals surface area contributed by atoms with Crippen molar-refractivity contribution in [3.8, 4) is 0 Å². The van der Waals surface area contributed by atoms with Crippen LogP contribution in [0.5, 0.6) is 0 Å². The van der Waals surface area contributed by atoms with E-state index in [0.29, 0.717) is 6.42 Å². The van der Waals surface area contributed by atoms with Gasteiger partial charge in [-0.1, -0.05) is 19.0 Å². The first-order valence-corrected chi connectivity index (χ1v) is 4.81. The summed E-state index contributed by atoms with van der Waals surface area (Å²) in [7, 11) is 0. The van der Waals surface area contributed by atoms with Gasteiger partial charge in [0.25, 0.3) is 0 Å². The average Bonchev–Trinajstić information content (AvgIpc) is 2.74. The van der Waals surface area contributed by atoms with Gasteiger partial charge < -0.3 is 9.63 Å². The summed E-state index contributed by atoms with van der Waals surface area (Å²) in [5, 5.41) is 12.5. The van der Waals surface area contributed by atoms with Gasteiger partial charge in [0.05, 0.1) is 0 Å². The minimum Gasteiger partial charge on any atom is -0.476 e. The van der Waals surface area contributed by atoms with E-state index in [9.17, 15) is 4.79 Å². The summed E-state index contributed by atoms with van der Waals surface area (Å²) in [6.45, 7) is 4.01. The van der Waals surface area contributed by atoms with Crippen molar-refractivity contribution in [2.24, 2.45) is 0 Å². The van der Waals surface area contributed by atoms with Crippen LogP contribution in [0.15, 0.2) is 4.52 Å². The lowest BCUT2D eigenvalue weighted by atomic mass is 9.99. The van der Waals surface area contributed by atoms with Crippen molar-refractivity contribution >= 4 is 5.97 Å². The molecule has 1 aliphatic carbocycles. The molecular formula is C10H13NO3. The third-order valence-corrected chi connectivity index (χ3v) is 2.89. The second-order valence-corrected chi connectivity index (χ2v) is 4.06. The van der Waals surface area contributed by atoms with Crippen molar-refractivity contribution in [1.29, 1.82) is 0 Å². The Morgan fingerprint density at radius 2 is 2.29 bits per heavy atom. The van der Waals surface area contributed by atoms with E-state index in [0.717, 1.165) is 24.2 Å². The first-order chi connectivity index (χ1) is 6.58. The van der Waals surface area contributed by atoms with Crippen molar-refractivity contribution in [3.63, 3.8) is 0 Å². The van der Waals surface area contributed by atoms with Crippen LogP contribution in [0.1, 0.15) is 48.5 Å². The molecule has 4 heteroatoms. The predicted octanol–water partition coefficient (Wildman–Crippen LogP) is 1.99. The molecule has 1 saturated carbocycles. The van der Waals surface area contributed by atoms with Gasteiger partial charge in [0, 0.05) is 11.0 Å². The smallest absolute Gasteiger partial charge is 0.358 e.